The summed E-state index contributed by atoms with van der Waals surface area (Å²) in [5.41, 5.74) is 1.00. The van der Waals surface area contributed by atoms with E-state index in [2.05, 4.69) is 0 Å². The Morgan fingerprint density at radius 1 is 1.50 bits per heavy atom. The minimum absolute atomic E-state index is 0.314. The van der Waals surface area contributed by atoms with Crippen LogP contribution in [0.1, 0.15) is 5.56 Å². The molecule has 4 heteroatoms. The van der Waals surface area contributed by atoms with Crippen LogP contribution in [0.15, 0.2) is 15.7 Å². The average Bonchev–Trinajstić information content (AvgIpc) is 2.36. The Hall–Kier alpha value is -0.350. The van der Waals surface area contributed by atoms with Gasteiger partial charge in [0, 0.05) is 0 Å². The molecule has 1 aliphatic heterocycles. The molecule has 1 aromatic rings. The van der Waals surface area contributed by atoms with Crippen molar-refractivity contribution >= 4 is 21.2 Å². The summed E-state index contributed by atoms with van der Waals surface area (Å²) in [4.78, 5) is 0. The van der Waals surface area contributed by atoms with Crippen LogP contribution in [0.3, 0.4) is 0 Å². The monoisotopic (exact) mass is 174 g/mol. The molecule has 0 spiro atoms. The van der Waals surface area contributed by atoms with Crippen LogP contribution in [0.5, 0.6) is 0 Å². The van der Waals surface area contributed by atoms with Gasteiger partial charge in [-0.1, -0.05) is 0 Å². The Morgan fingerprint density at radius 3 is 3.00 bits per heavy atom. The average molecular weight is 174 g/mol. The smallest absolute Gasteiger partial charge is 0.188 e. The molecule has 0 saturated heterocycles. The number of sulfone groups is 1. The fourth-order valence-corrected chi connectivity index (χ4v) is 4.04. The highest BCUT2D eigenvalue weighted by Crippen LogP contribution is 2.30. The van der Waals surface area contributed by atoms with Crippen molar-refractivity contribution in [1.82, 2.24) is 0 Å². The lowest BCUT2D eigenvalue weighted by Gasteiger charge is -1.86. The van der Waals surface area contributed by atoms with Crippen molar-refractivity contribution < 1.29 is 8.42 Å². The van der Waals surface area contributed by atoms with Gasteiger partial charge in [0.05, 0.1) is 5.75 Å². The van der Waals surface area contributed by atoms with Gasteiger partial charge >= 0.3 is 0 Å². The molecule has 0 aliphatic carbocycles. The molecule has 0 bridgehead atoms. The van der Waals surface area contributed by atoms with Crippen molar-refractivity contribution in [1.29, 1.82) is 0 Å². The Balaban J connectivity index is 2.76. The van der Waals surface area contributed by atoms with Crippen molar-refractivity contribution in [3.63, 3.8) is 0 Å². The maximum absolute atomic E-state index is 11.1. The van der Waals surface area contributed by atoms with Crippen LogP contribution in [-0.2, 0) is 16.3 Å². The molecule has 54 valence electrons. The van der Waals surface area contributed by atoms with E-state index in [9.17, 15) is 8.42 Å². The summed E-state index contributed by atoms with van der Waals surface area (Å²) in [6.07, 6.45) is 0.709. The zero-order valence-electron chi connectivity index (χ0n) is 5.20. The molecule has 0 saturated carbocycles. The first-order valence-corrected chi connectivity index (χ1v) is 5.52. The van der Waals surface area contributed by atoms with E-state index in [1.54, 1.807) is 0 Å². The third-order valence-corrected chi connectivity index (χ3v) is 5.00. The number of hydrogen-bond donors (Lipinski definition) is 0. The zero-order valence-corrected chi connectivity index (χ0v) is 6.83. The first-order valence-electron chi connectivity index (χ1n) is 2.99. The number of hydrogen-bond acceptors (Lipinski definition) is 3. The van der Waals surface area contributed by atoms with Crippen LogP contribution in [0.4, 0.5) is 0 Å². The van der Waals surface area contributed by atoms with Crippen molar-refractivity contribution in [2.75, 3.05) is 5.75 Å². The molecule has 2 heterocycles. The van der Waals surface area contributed by atoms with E-state index in [-0.39, 0.29) is 0 Å². The van der Waals surface area contributed by atoms with Gasteiger partial charge in [-0.3, -0.25) is 0 Å². The molecule has 0 amide bonds. The van der Waals surface area contributed by atoms with Crippen LogP contribution in [0.25, 0.3) is 0 Å². The maximum Gasteiger partial charge on any atom is 0.188 e. The molecule has 10 heavy (non-hydrogen) atoms. The molecular formula is C6H6O2S2. The lowest BCUT2D eigenvalue weighted by Crippen LogP contribution is -1.96. The highest BCUT2D eigenvalue weighted by molar-refractivity contribution is 7.93. The Labute approximate surface area is 63.4 Å². The highest BCUT2D eigenvalue weighted by Gasteiger charge is 2.26. The van der Waals surface area contributed by atoms with E-state index in [0.29, 0.717) is 16.4 Å². The fourth-order valence-electron chi connectivity index (χ4n) is 1.12. The quantitative estimate of drug-likeness (QED) is 0.589. The molecule has 0 fully saturated rings. The van der Waals surface area contributed by atoms with Crippen molar-refractivity contribution in [2.24, 2.45) is 0 Å². The summed E-state index contributed by atoms with van der Waals surface area (Å²) < 4.78 is 22.8. The van der Waals surface area contributed by atoms with E-state index in [0.717, 1.165) is 5.56 Å². The lowest BCUT2D eigenvalue weighted by molar-refractivity contribution is 0.601. The van der Waals surface area contributed by atoms with Gasteiger partial charge in [0.15, 0.2) is 9.84 Å². The second-order valence-electron chi connectivity index (χ2n) is 2.30. The van der Waals surface area contributed by atoms with Gasteiger partial charge in [0.25, 0.3) is 0 Å². The zero-order chi connectivity index (χ0) is 7.19. The number of aryl methyl sites for hydroxylation is 1. The lowest BCUT2D eigenvalue weighted by atomic mass is 10.3. The standard InChI is InChI=1S/C6H6O2S2/c7-10(8)4-2-5-1-3-9-6(5)10/h1,3H,2,4H2. The van der Waals surface area contributed by atoms with E-state index in [1.165, 1.54) is 11.3 Å². The summed E-state index contributed by atoms with van der Waals surface area (Å²) in [5, 5.41) is 1.83. The van der Waals surface area contributed by atoms with E-state index >= 15 is 0 Å². The van der Waals surface area contributed by atoms with Crippen LogP contribution in [-0.4, -0.2) is 14.2 Å². The predicted molar refractivity (Wildman–Crippen MR) is 40.1 cm³/mol. The minimum Gasteiger partial charge on any atom is -0.223 e. The maximum atomic E-state index is 11.1. The van der Waals surface area contributed by atoms with Crippen LogP contribution in [0, 0.1) is 0 Å². The first-order chi connectivity index (χ1) is 4.70. The summed E-state index contributed by atoms with van der Waals surface area (Å²) in [6.45, 7) is 0. The molecule has 1 aromatic heterocycles. The first kappa shape index (κ1) is 6.37. The SMILES string of the molecule is O=S1(=O)CCc2ccsc21. The summed E-state index contributed by atoms with van der Waals surface area (Å²) in [7, 11) is -2.84. The van der Waals surface area contributed by atoms with E-state index in [4.69, 9.17) is 0 Å². The molecule has 0 atom stereocenters. The molecule has 1 aliphatic rings. The molecule has 0 radical (unpaired) electrons. The third kappa shape index (κ3) is 0.722. The number of fused-ring (bicyclic) bond motifs is 1. The summed E-state index contributed by atoms with van der Waals surface area (Å²) >= 11 is 1.33. The molecule has 0 aromatic carbocycles. The summed E-state index contributed by atoms with van der Waals surface area (Å²) in [6, 6.07) is 1.89. The van der Waals surface area contributed by atoms with Gasteiger partial charge in [-0.25, -0.2) is 8.42 Å². The van der Waals surface area contributed by atoms with Gasteiger partial charge in [-0.15, -0.1) is 11.3 Å². The van der Waals surface area contributed by atoms with Crippen molar-refractivity contribution in [3.8, 4) is 0 Å². The van der Waals surface area contributed by atoms with Crippen LogP contribution < -0.4 is 0 Å². The predicted octanol–water partition coefficient (Wildman–Crippen LogP) is 1.08. The van der Waals surface area contributed by atoms with Crippen molar-refractivity contribution in [2.45, 2.75) is 10.6 Å². The number of rotatable bonds is 0. The van der Waals surface area contributed by atoms with Gasteiger partial charge in [-0.2, -0.15) is 0 Å². The van der Waals surface area contributed by atoms with Gasteiger partial charge in [-0.05, 0) is 23.4 Å². The second-order valence-corrected chi connectivity index (χ2v) is 5.52. The second kappa shape index (κ2) is 1.83. The minimum atomic E-state index is -2.84. The van der Waals surface area contributed by atoms with Crippen molar-refractivity contribution in [3.05, 3.63) is 17.0 Å². The third-order valence-electron chi connectivity index (χ3n) is 1.63. The Morgan fingerprint density at radius 2 is 2.30 bits per heavy atom. The Kier molecular flexibility index (Phi) is 1.16. The molecule has 2 rings (SSSR count). The van der Waals surface area contributed by atoms with E-state index < -0.39 is 9.84 Å². The fraction of sp³-hybridized carbons (Fsp3) is 0.333. The van der Waals surface area contributed by atoms with E-state index in [1.807, 2.05) is 11.4 Å². The topological polar surface area (TPSA) is 34.1 Å². The van der Waals surface area contributed by atoms with Crippen LogP contribution >= 0.6 is 11.3 Å². The van der Waals surface area contributed by atoms with Gasteiger partial charge in [0.2, 0.25) is 0 Å². The number of thiophene rings is 1. The largest absolute Gasteiger partial charge is 0.223 e. The molecule has 0 N–H and O–H groups in total. The highest BCUT2D eigenvalue weighted by atomic mass is 32.2. The normalized spacial score (nSPS) is 20.8. The Bertz CT molecular complexity index is 348. The van der Waals surface area contributed by atoms with Gasteiger partial charge in [0.1, 0.15) is 4.21 Å². The van der Waals surface area contributed by atoms with Gasteiger partial charge < -0.3 is 0 Å². The molecule has 0 unspecified atom stereocenters. The van der Waals surface area contributed by atoms with Crippen LogP contribution in [0.2, 0.25) is 0 Å². The summed E-state index contributed by atoms with van der Waals surface area (Å²) in [5.74, 6) is 0.314. The molecule has 2 nitrogen and oxygen atoms in total. The molecular weight excluding hydrogens is 168 g/mol.